The summed E-state index contributed by atoms with van der Waals surface area (Å²) in [6.45, 7) is 4.29. The van der Waals surface area contributed by atoms with Crippen LogP contribution in [0.15, 0.2) is 48.3 Å². The minimum Gasteiger partial charge on any atom is -0.478 e. The van der Waals surface area contributed by atoms with Crippen molar-refractivity contribution in [1.29, 1.82) is 0 Å². The first-order valence-electron chi connectivity index (χ1n) is 11.4. The lowest BCUT2D eigenvalue weighted by atomic mass is 9.78. The Hall–Kier alpha value is -2.49. The monoisotopic (exact) mass is 426 g/mol. The van der Waals surface area contributed by atoms with Gasteiger partial charge in [0.2, 0.25) is 0 Å². The quantitative estimate of drug-likeness (QED) is 0.429. The standard InChI is InChI=1S/C27H32F2O2/c1-3-4-5-6-25(28)26(29)21-13-11-20(12-14-21)24-17-22(15-16-23(24)27(30)31)19-9-7-18(2)8-10-19/h11-19H,3-10H2,1-2H3,(H,30,31). The highest BCUT2D eigenvalue weighted by atomic mass is 19.2. The Kier molecular flexibility index (Phi) is 8.00. The van der Waals surface area contributed by atoms with Gasteiger partial charge >= 0.3 is 5.97 Å². The molecule has 0 unspecified atom stereocenters. The molecule has 1 saturated carbocycles. The number of allylic oxidation sites excluding steroid dienone is 1. The van der Waals surface area contributed by atoms with Crippen LogP contribution < -0.4 is 0 Å². The molecule has 2 nitrogen and oxygen atoms in total. The van der Waals surface area contributed by atoms with Crippen molar-refractivity contribution in [2.45, 2.75) is 71.1 Å². The van der Waals surface area contributed by atoms with Gasteiger partial charge in [-0.25, -0.2) is 13.6 Å². The first-order valence-corrected chi connectivity index (χ1v) is 11.4. The highest BCUT2D eigenvalue weighted by Gasteiger charge is 2.22. The van der Waals surface area contributed by atoms with Crippen LogP contribution in [0.4, 0.5) is 8.78 Å². The van der Waals surface area contributed by atoms with E-state index in [4.69, 9.17) is 0 Å². The van der Waals surface area contributed by atoms with E-state index in [2.05, 4.69) is 6.92 Å². The van der Waals surface area contributed by atoms with Crippen molar-refractivity contribution in [1.82, 2.24) is 0 Å². The number of unbranched alkanes of at least 4 members (excludes halogenated alkanes) is 2. The first-order chi connectivity index (χ1) is 14.9. The maximum Gasteiger partial charge on any atom is 0.336 e. The topological polar surface area (TPSA) is 37.3 Å². The summed E-state index contributed by atoms with van der Waals surface area (Å²) >= 11 is 0. The molecule has 0 atom stereocenters. The van der Waals surface area contributed by atoms with Crippen molar-refractivity contribution >= 4 is 11.8 Å². The van der Waals surface area contributed by atoms with Gasteiger partial charge in [0.1, 0.15) is 5.83 Å². The molecule has 1 N–H and O–H groups in total. The molecule has 0 radical (unpaired) electrons. The fraction of sp³-hybridized carbons (Fsp3) is 0.444. The molecule has 1 aliphatic carbocycles. The predicted octanol–water partition coefficient (Wildman–Crippen LogP) is 8.53. The zero-order chi connectivity index (χ0) is 22.4. The van der Waals surface area contributed by atoms with E-state index in [-0.39, 0.29) is 17.5 Å². The summed E-state index contributed by atoms with van der Waals surface area (Å²) in [4.78, 5) is 11.8. The van der Waals surface area contributed by atoms with Gasteiger partial charge in [-0.3, -0.25) is 0 Å². The lowest BCUT2D eigenvalue weighted by molar-refractivity contribution is 0.0697. The van der Waals surface area contributed by atoms with Crippen molar-refractivity contribution in [3.05, 3.63) is 65.0 Å². The Morgan fingerprint density at radius 1 is 1.00 bits per heavy atom. The number of aromatic carboxylic acids is 1. The van der Waals surface area contributed by atoms with Crippen molar-refractivity contribution in [3.63, 3.8) is 0 Å². The van der Waals surface area contributed by atoms with Gasteiger partial charge in [0, 0.05) is 12.0 Å². The van der Waals surface area contributed by atoms with Gasteiger partial charge in [-0.2, -0.15) is 0 Å². The van der Waals surface area contributed by atoms with E-state index < -0.39 is 17.6 Å². The average molecular weight is 427 g/mol. The molecule has 2 aromatic carbocycles. The number of carboxylic acid groups (broad SMARTS) is 1. The Labute approximate surface area is 184 Å². The molecule has 166 valence electrons. The third-order valence-electron chi connectivity index (χ3n) is 6.45. The minimum atomic E-state index is -0.990. The summed E-state index contributed by atoms with van der Waals surface area (Å²) in [5, 5.41) is 9.66. The van der Waals surface area contributed by atoms with Crippen molar-refractivity contribution < 1.29 is 18.7 Å². The summed E-state index contributed by atoms with van der Waals surface area (Å²) < 4.78 is 28.6. The van der Waals surface area contributed by atoms with Crippen LogP contribution in [-0.2, 0) is 0 Å². The number of hydrogen-bond acceptors (Lipinski definition) is 1. The van der Waals surface area contributed by atoms with Gasteiger partial charge in [-0.15, -0.1) is 0 Å². The molecule has 1 aliphatic rings. The van der Waals surface area contributed by atoms with E-state index in [1.807, 2.05) is 19.1 Å². The molecule has 0 saturated heterocycles. The Balaban J connectivity index is 1.88. The zero-order valence-electron chi connectivity index (χ0n) is 18.5. The van der Waals surface area contributed by atoms with Crippen molar-refractivity contribution in [3.8, 4) is 11.1 Å². The number of rotatable bonds is 8. The molecule has 1 fully saturated rings. The number of benzene rings is 2. The van der Waals surface area contributed by atoms with Crippen LogP contribution in [0, 0.1) is 5.92 Å². The predicted molar refractivity (Wildman–Crippen MR) is 122 cm³/mol. The molecular weight excluding hydrogens is 394 g/mol. The third kappa shape index (κ3) is 5.81. The van der Waals surface area contributed by atoms with Crippen LogP contribution in [0.3, 0.4) is 0 Å². The smallest absolute Gasteiger partial charge is 0.336 e. The Morgan fingerprint density at radius 2 is 1.68 bits per heavy atom. The molecule has 0 heterocycles. The normalized spacial score (nSPS) is 19.7. The maximum absolute atomic E-state index is 14.4. The second-order valence-corrected chi connectivity index (χ2v) is 8.82. The summed E-state index contributed by atoms with van der Waals surface area (Å²) in [5.41, 5.74) is 2.90. The number of halogens is 2. The molecule has 4 heteroatoms. The fourth-order valence-corrected chi connectivity index (χ4v) is 4.43. The van der Waals surface area contributed by atoms with Crippen LogP contribution in [0.5, 0.6) is 0 Å². The molecule has 0 bridgehead atoms. The molecule has 0 spiro atoms. The van der Waals surface area contributed by atoms with Gasteiger partial charge in [-0.05, 0) is 53.9 Å². The summed E-state index contributed by atoms with van der Waals surface area (Å²) in [7, 11) is 0. The van der Waals surface area contributed by atoms with Crippen LogP contribution in [-0.4, -0.2) is 11.1 Å². The van der Waals surface area contributed by atoms with Crippen molar-refractivity contribution in [2.75, 3.05) is 0 Å². The van der Waals surface area contributed by atoms with Crippen LogP contribution in [0.2, 0.25) is 0 Å². The largest absolute Gasteiger partial charge is 0.478 e. The molecule has 0 aromatic heterocycles. The molecule has 31 heavy (non-hydrogen) atoms. The first kappa shape index (κ1) is 23.2. The van der Waals surface area contributed by atoms with Gasteiger partial charge in [-0.1, -0.05) is 75.9 Å². The molecule has 2 aromatic rings. The molecule has 3 rings (SSSR count). The number of carboxylic acids is 1. The fourth-order valence-electron chi connectivity index (χ4n) is 4.43. The summed E-state index contributed by atoms with van der Waals surface area (Å²) in [6, 6.07) is 12.0. The Morgan fingerprint density at radius 3 is 2.29 bits per heavy atom. The highest BCUT2D eigenvalue weighted by Crippen LogP contribution is 2.38. The molecule has 0 aliphatic heterocycles. The second kappa shape index (κ2) is 10.7. The van der Waals surface area contributed by atoms with E-state index in [0.717, 1.165) is 37.2 Å². The highest BCUT2D eigenvalue weighted by molar-refractivity contribution is 5.96. The average Bonchev–Trinajstić information content (AvgIpc) is 2.79. The molecule has 0 amide bonds. The van der Waals surface area contributed by atoms with E-state index in [9.17, 15) is 18.7 Å². The number of carbonyl (C=O) groups is 1. The third-order valence-corrected chi connectivity index (χ3v) is 6.45. The van der Waals surface area contributed by atoms with Crippen LogP contribution in [0.25, 0.3) is 17.0 Å². The summed E-state index contributed by atoms with van der Waals surface area (Å²) in [6.07, 6.45) is 7.14. The SMILES string of the molecule is CCCCCC(F)=C(F)c1ccc(-c2cc(C3CCC(C)CC3)ccc2C(=O)O)cc1. The Bertz CT molecular complexity index is 923. The lowest BCUT2D eigenvalue weighted by Gasteiger charge is -2.27. The van der Waals surface area contributed by atoms with Crippen LogP contribution in [0.1, 0.15) is 92.6 Å². The van der Waals surface area contributed by atoms with E-state index >= 15 is 0 Å². The van der Waals surface area contributed by atoms with E-state index in [1.54, 1.807) is 18.2 Å². The van der Waals surface area contributed by atoms with Gasteiger partial charge in [0.25, 0.3) is 0 Å². The van der Waals surface area contributed by atoms with Crippen LogP contribution >= 0.6 is 0 Å². The zero-order valence-corrected chi connectivity index (χ0v) is 18.5. The van der Waals surface area contributed by atoms with Gasteiger partial charge in [0.05, 0.1) is 5.56 Å². The second-order valence-electron chi connectivity index (χ2n) is 8.82. The summed E-state index contributed by atoms with van der Waals surface area (Å²) in [5.74, 6) is -1.36. The van der Waals surface area contributed by atoms with Gasteiger partial charge < -0.3 is 5.11 Å². The lowest BCUT2D eigenvalue weighted by Crippen LogP contribution is -2.11. The minimum absolute atomic E-state index is 0.104. The number of hydrogen-bond donors (Lipinski definition) is 1. The van der Waals surface area contributed by atoms with Gasteiger partial charge in [0.15, 0.2) is 5.83 Å². The van der Waals surface area contributed by atoms with E-state index in [1.165, 1.54) is 25.0 Å². The van der Waals surface area contributed by atoms with Crippen molar-refractivity contribution in [2.24, 2.45) is 5.92 Å². The maximum atomic E-state index is 14.4. The molecular formula is C27H32F2O2. The van der Waals surface area contributed by atoms with E-state index in [0.29, 0.717) is 23.5 Å².